The largest absolute Gasteiger partial charge is 0.492 e. The highest BCUT2D eigenvalue weighted by Gasteiger charge is 2.20. The fourth-order valence-electron chi connectivity index (χ4n) is 2.32. The number of benzene rings is 1. The van der Waals surface area contributed by atoms with E-state index in [0.717, 1.165) is 25.9 Å². The van der Waals surface area contributed by atoms with Crippen LogP contribution in [-0.2, 0) is 10.0 Å². The topological polar surface area (TPSA) is 67.4 Å². The summed E-state index contributed by atoms with van der Waals surface area (Å²) in [5.74, 6) is 0.929. The minimum atomic E-state index is -3.48. The van der Waals surface area contributed by atoms with E-state index in [1.54, 1.807) is 31.2 Å². The van der Waals surface area contributed by atoms with E-state index in [0.29, 0.717) is 24.8 Å². The zero-order valence-electron chi connectivity index (χ0n) is 11.8. The van der Waals surface area contributed by atoms with Gasteiger partial charge in [0.2, 0.25) is 10.0 Å². The van der Waals surface area contributed by atoms with Crippen LogP contribution in [0.4, 0.5) is 0 Å². The molecule has 1 saturated heterocycles. The Balaban J connectivity index is 2.07. The lowest BCUT2D eigenvalue weighted by Gasteiger charge is -2.23. The van der Waals surface area contributed by atoms with Gasteiger partial charge in [-0.1, -0.05) is 19.1 Å². The van der Waals surface area contributed by atoms with Crippen molar-refractivity contribution in [1.82, 2.24) is 10.0 Å². The van der Waals surface area contributed by atoms with Crippen LogP contribution in [0.2, 0.25) is 0 Å². The summed E-state index contributed by atoms with van der Waals surface area (Å²) in [5, 5.41) is 3.30. The van der Waals surface area contributed by atoms with Gasteiger partial charge in [-0.3, -0.25) is 0 Å². The standard InChI is InChI=1S/C14H22N2O3S/c1-2-16-20(17,18)14-6-4-3-5-13(14)19-11-12-7-9-15-10-8-12/h3-6,12,15-16H,2,7-11H2,1H3. The van der Waals surface area contributed by atoms with Gasteiger partial charge in [-0.2, -0.15) is 0 Å². The first-order chi connectivity index (χ1) is 9.63. The lowest BCUT2D eigenvalue weighted by molar-refractivity contribution is 0.211. The molecule has 1 aromatic carbocycles. The van der Waals surface area contributed by atoms with Gasteiger partial charge in [-0.05, 0) is 44.0 Å². The Morgan fingerprint density at radius 3 is 2.70 bits per heavy atom. The van der Waals surface area contributed by atoms with Gasteiger partial charge in [-0.25, -0.2) is 13.1 Å². The van der Waals surface area contributed by atoms with Crippen LogP contribution in [0, 0.1) is 5.92 Å². The Morgan fingerprint density at radius 1 is 1.30 bits per heavy atom. The molecule has 0 spiro atoms. The second-order valence-electron chi connectivity index (χ2n) is 4.95. The van der Waals surface area contributed by atoms with E-state index in [9.17, 15) is 8.42 Å². The average molecular weight is 298 g/mol. The number of nitrogens with one attached hydrogen (secondary N) is 2. The molecule has 1 aliphatic rings. The fourth-order valence-corrected chi connectivity index (χ4v) is 3.50. The normalized spacial score (nSPS) is 17.1. The fraction of sp³-hybridized carbons (Fsp3) is 0.571. The molecule has 1 fully saturated rings. The summed E-state index contributed by atoms with van der Waals surface area (Å²) >= 11 is 0. The smallest absolute Gasteiger partial charge is 0.244 e. The first kappa shape index (κ1) is 15.3. The Bertz CT molecular complexity index is 525. The lowest BCUT2D eigenvalue weighted by Crippen LogP contribution is -2.31. The van der Waals surface area contributed by atoms with Gasteiger partial charge < -0.3 is 10.1 Å². The predicted molar refractivity (Wildman–Crippen MR) is 78.4 cm³/mol. The van der Waals surface area contributed by atoms with Crippen LogP contribution in [-0.4, -0.2) is 34.7 Å². The molecule has 2 N–H and O–H groups in total. The molecular formula is C14H22N2O3S. The highest BCUT2D eigenvalue weighted by atomic mass is 32.2. The summed E-state index contributed by atoms with van der Waals surface area (Å²) in [6.45, 7) is 4.71. The molecule has 0 amide bonds. The maximum absolute atomic E-state index is 12.1. The molecule has 0 radical (unpaired) electrons. The van der Waals surface area contributed by atoms with Crippen molar-refractivity contribution in [1.29, 1.82) is 0 Å². The van der Waals surface area contributed by atoms with Crippen molar-refractivity contribution in [3.8, 4) is 5.75 Å². The highest BCUT2D eigenvalue weighted by Crippen LogP contribution is 2.24. The number of para-hydroxylation sites is 1. The summed E-state index contributed by atoms with van der Waals surface area (Å²) in [6, 6.07) is 6.80. The van der Waals surface area contributed by atoms with E-state index < -0.39 is 10.0 Å². The lowest BCUT2D eigenvalue weighted by atomic mass is 9.99. The summed E-state index contributed by atoms with van der Waals surface area (Å²) in [5.41, 5.74) is 0. The van der Waals surface area contributed by atoms with Gasteiger partial charge in [0.15, 0.2) is 0 Å². The molecule has 1 heterocycles. The minimum absolute atomic E-state index is 0.218. The summed E-state index contributed by atoms with van der Waals surface area (Å²) in [4.78, 5) is 0.218. The molecule has 0 unspecified atom stereocenters. The van der Waals surface area contributed by atoms with E-state index in [4.69, 9.17) is 4.74 Å². The first-order valence-corrected chi connectivity index (χ1v) is 8.54. The van der Waals surface area contributed by atoms with Crippen molar-refractivity contribution in [3.63, 3.8) is 0 Å². The van der Waals surface area contributed by atoms with Crippen molar-refractivity contribution in [2.45, 2.75) is 24.7 Å². The molecule has 0 bridgehead atoms. The first-order valence-electron chi connectivity index (χ1n) is 7.05. The molecule has 1 aliphatic heterocycles. The molecule has 6 heteroatoms. The van der Waals surface area contributed by atoms with Gasteiger partial charge in [0.1, 0.15) is 10.6 Å². The van der Waals surface area contributed by atoms with Gasteiger partial charge in [0, 0.05) is 6.54 Å². The van der Waals surface area contributed by atoms with Crippen LogP contribution < -0.4 is 14.8 Å². The molecule has 1 aromatic rings. The molecular weight excluding hydrogens is 276 g/mol. The second kappa shape index (κ2) is 7.06. The van der Waals surface area contributed by atoms with E-state index in [1.807, 2.05) is 0 Å². The molecule has 0 aliphatic carbocycles. The summed E-state index contributed by atoms with van der Waals surface area (Å²) < 4.78 is 32.5. The van der Waals surface area contributed by atoms with Crippen molar-refractivity contribution < 1.29 is 13.2 Å². The predicted octanol–water partition coefficient (Wildman–Crippen LogP) is 1.36. The Hall–Kier alpha value is -1.11. The van der Waals surface area contributed by atoms with Crippen LogP contribution in [0.1, 0.15) is 19.8 Å². The monoisotopic (exact) mass is 298 g/mol. The van der Waals surface area contributed by atoms with Gasteiger partial charge in [-0.15, -0.1) is 0 Å². The number of sulfonamides is 1. The van der Waals surface area contributed by atoms with E-state index in [2.05, 4.69) is 10.0 Å². The molecule has 112 valence electrons. The zero-order chi connectivity index (χ0) is 14.4. The van der Waals surface area contributed by atoms with Gasteiger partial charge in [0.05, 0.1) is 6.61 Å². The number of piperidine rings is 1. The Morgan fingerprint density at radius 2 is 2.00 bits per heavy atom. The van der Waals surface area contributed by atoms with Crippen LogP contribution in [0.25, 0.3) is 0 Å². The Kier molecular flexibility index (Phi) is 5.39. The van der Waals surface area contributed by atoms with E-state index in [1.165, 1.54) is 0 Å². The minimum Gasteiger partial charge on any atom is -0.492 e. The quantitative estimate of drug-likeness (QED) is 0.832. The second-order valence-corrected chi connectivity index (χ2v) is 6.69. The number of hydrogen-bond acceptors (Lipinski definition) is 4. The van der Waals surface area contributed by atoms with E-state index in [-0.39, 0.29) is 4.90 Å². The van der Waals surface area contributed by atoms with Crippen LogP contribution >= 0.6 is 0 Å². The van der Waals surface area contributed by atoms with Gasteiger partial charge >= 0.3 is 0 Å². The maximum atomic E-state index is 12.1. The summed E-state index contributed by atoms with van der Waals surface area (Å²) in [6.07, 6.45) is 2.14. The molecule has 0 atom stereocenters. The third-order valence-corrected chi connectivity index (χ3v) is 4.99. The number of ether oxygens (including phenoxy) is 1. The van der Waals surface area contributed by atoms with Crippen molar-refractivity contribution >= 4 is 10.0 Å². The third kappa shape index (κ3) is 3.94. The van der Waals surface area contributed by atoms with Crippen molar-refractivity contribution in [2.24, 2.45) is 5.92 Å². The van der Waals surface area contributed by atoms with Gasteiger partial charge in [0.25, 0.3) is 0 Å². The molecule has 5 nitrogen and oxygen atoms in total. The zero-order valence-corrected chi connectivity index (χ0v) is 12.6. The Labute approximate surface area is 120 Å². The number of rotatable bonds is 6. The molecule has 0 aromatic heterocycles. The highest BCUT2D eigenvalue weighted by molar-refractivity contribution is 7.89. The van der Waals surface area contributed by atoms with Crippen molar-refractivity contribution in [2.75, 3.05) is 26.2 Å². The number of hydrogen-bond donors (Lipinski definition) is 2. The van der Waals surface area contributed by atoms with Crippen LogP contribution in [0.15, 0.2) is 29.2 Å². The van der Waals surface area contributed by atoms with Crippen LogP contribution in [0.5, 0.6) is 5.75 Å². The summed E-state index contributed by atoms with van der Waals surface area (Å²) in [7, 11) is -3.48. The van der Waals surface area contributed by atoms with Crippen molar-refractivity contribution in [3.05, 3.63) is 24.3 Å². The van der Waals surface area contributed by atoms with E-state index >= 15 is 0 Å². The molecule has 2 rings (SSSR count). The van der Waals surface area contributed by atoms with Crippen LogP contribution in [0.3, 0.4) is 0 Å². The third-order valence-electron chi connectivity index (χ3n) is 3.41. The molecule has 20 heavy (non-hydrogen) atoms. The maximum Gasteiger partial charge on any atom is 0.244 e. The molecule has 0 saturated carbocycles. The SMILES string of the molecule is CCNS(=O)(=O)c1ccccc1OCC1CCNCC1. The average Bonchev–Trinajstić information content (AvgIpc) is 2.46.